The summed E-state index contributed by atoms with van der Waals surface area (Å²) >= 11 is 0. The molecule has 0 aliphatic rings. The molecule has 0 radical (unpaired) electrons. The van der Waals surface area contributed by atoms with Crippen molar-refractivity contribution in [3.8, 4) is 0 Å². The van der Waals surface area contributed by atoms with Crippen LogP contribution in [0, 0.1) is 0 Å². The number of aromatic nitrogens is 2. The zero-order valence-electron chi connectivity index (χ0n) is 14.6. The van der Waals surface area contributed by atoms with Gasteiger partial charge in [-0.25, -0.2) is 4.98 Å². The van der Waals surface area contributed by atoms with E-state index in [4.69, 9.17) is 0 Å². The SMILES string of the molecule is CN(C)c1cc(CNC(=O)CCc2ccccn2)c2ccccc2n1. The summed E-state index contributed by atoms with van der Waals surface area (Å²) in [5.41, 5.74) is 2.94. The van der Waals surface area contributed by atoms with Gasteiger partial charge in [0, 0.05) is 44.3 Å². The van der Waals surface area contributed by atoms with E-state index in [2.05, 4.69) is 15.3 Å². The Morgan fingerprint density at radius 2 is 1.92 bits per heavy atom. The Labute approximate surface area is 147 Å². The van der Waals surface area contributed by atoms with Crippen molar-refractivity contribution in [2.45, 2.75) is 19.4 Å². The van der Waals surface area contributed by atoms with E-state index in [0.717, 1.165) is 28.0 Å². The van der Waals surface area contributed by atoms with Gasteiger partial charge in [-0.05, 0) is 36.2 Å². The highest BCUT2D eigenvalue weighted by molar-refractivity contribution is 5.85. The number of anilines is 1. The summed E-state index contributed by atoms with van der Waals surface area (Å²) in [4.78, 5) is 23.0. The first-order valence-electron chi connectivity index (χ1n) is 8.36. The molecule has 0 spiro atoms. The monoisotopic (exact) mass is 334 g/mol. The Morgan fingerprint density at radius 1 is 1.12 bits per heavy atom. The predicted molar refractivity (Wildman–Crippen MR) is 100 cm³/mol. The van der Waals surface area contributed by atoms with E-state index in [0.29, 0.717) is 19.4 Å². The van der Waals surface area contributed by atoms with Crippen LogP contribution in [0.15, 0.2) is 54.7 Å². The summed E-state index contributed by atoms with van der Waals surface area (Å²) in [6.07, 6.45) is 2.83. The van der Waals surface area contributed by atoms with Crippen LogP contribution in [0.5, 0.6) is 0 Å². The van der Waals surface area contributed by atoms with Crippen molar-refractivity contribution >= 4 is 22.6 Å². The molecule has 0 bridgehead atoms. The van der Waals surface area contributed by atoms with Gasteiger partial charge in [0.15, 0.2) is 0 Å². The van der Waals surface area contributed by atoms with E-state index in [9.17, 15) is 4.79 Å². The molecule has 0 saturated heterocycles. The Balaban J connectivity index is 1.68. The molecule has 0 unspecified atom stereocenters. The second-order valence-corrected chi connectivity index (χ2v) is 6.15. The average molecular weight is 334 g/mol. The average Bonchev–Trinajstić information content (AvgIpc) is 2.65. The van der Waals surface area contributed by atoms with Crippen LogP contribution in [0.4, 0.5) is 5.82 Å². The third-order valence-corrected chi connectivity index (χ3v) is 4.06. The third-order valence-electron chi connectivity index (χ3n) is 4.06. The number of amides is 1. The number of hydrogen-bond acceptors (Lipinski definition) is 4. The lowest BCUT2D eigenvalue weighted by atomic mass is 10.1. The Kier molecular flexibility index (Phi) is 5.23. The number of nitrogens with zero attached hydrogens (tertiary/aromatic N) is 3. The van der Waals surface area contributed by atoms with Crippen molar-refractivity contribution in [1.29, 1.82) is 0 Å². The van der Waals surface area contributed by atoms with Gasteiger partial charge in [-0.3, -0.25) is 9.78 Å². The topological polar surface area (TPSA) is 58.1 Å². The highest BCUT2D eigenvalue weighted by Gasteiger charge is 2.09. The van der Waals surface area contributed by atoms with E-state index in [1.54, 1.807) is 6.20 Å². The highest BCUT2D eigenvalue weighted by Crippen LogP contribution is 2.22. The van der Waals surface area contributed by atoms with Gasteiger partial charge in [-0.2, -0.15) is 0 Å². The lowest BCUT2D eigenvalue weighted by Gasteiger charge is -2.15. The van der Waals surface area contributed by atoms with Gasteiger partial charge < -0.3 is 10.2 Å². The van der Waals surface area contributed by atoms with Crippen LogP contribution in [0.2, 0.25) is 0 Å². The fourth-order valence-electron chi connectivity index (χ4n) is 2.68. The van der Waals surface area contributed by atoms with Gasteiger partial charge >= 0.3 is 0 Å². The van der Waals surface area contributed by atoms with Gasteiger partial charge in [-0.15, -0.1) is 0 Å². The second kappa shape index (κ2) is 7.75. The number of para-hydroxylation sites is 1. The standard InChI is InChI=1S/C20H22N4O/c1-24(2)19-13-15(17-8-3-4-9-18(17)23-19)14-22-20(25)11-10-16-7-5-6-12-21-16/h3-9,12-13H,10-11,14H2,1-2H3,(H,22,25). The fourth-order valence-corrected chi connectivity index (χ4v) is 2.68. The molecule has 3 aromatic rings. The number of hydrogen-bond donors (Lipinski definition) is 1. The third kappa shape index (κ3) is 4.32. The van der Waals surface area contributed by atoms with E-state index < -0.39 is 0 Å². The van der Waals surface area contributed by atoms with Gasteiger partial charge in [0.1, 0.15) is 5.82 Å². The van der Waals surface area contributed by atoms with E-state index in [1.807, 2.05) is 67.5 Å². The molecular formula is C20H22N4O. The molecular weight excluding hydrogens is 312 g/mol. The summed E-state index contributed by atoms with van der Waals surface area (Å²) in [5, 5.41) is 4.08. The Morgan fingerprint density at radius 3 is 2.68 bits per heavy atom. The van der Waals surface area contributed by atoms with Crippen molar-refractivity contribution in [3.63, 3.8) is 0 Å². The van der Waals surface area contributed by atoms with E-state index in [1.165, 1.54) is 0 Å². The van der Waals surface area contributed by atoms with Crippen LogP contribution in [-0.2, 0) is 17.8 Å². The van der Waals surface area contributed by atoms with Gasteiger partial charge in [0.2, 0.25) is 5.91 Å². The molecule has 1 N–H and O–H groups in total. The molecule has 2 aromatic heterocycles. The predicted octanol–water partition coefficient (Wildman–Crippen LogP) is 2.94. The first-order valence-corrected chi connectivity index (χ1v) is 8.36. The number of carbonyl (C=O) groups excluding carboxylic acids is 1. The van der Waals surface area contributed by atoms with Crippen LogP contribution in [0.3, 0.4) is 0 Å². The number of nitrogens with one attached hydrogen (secondary N) is 1. The maximum atomic E-state index is 12.2. The van der Waals surface area contributed by atoms with E-state index in [-0.39, 0.29) is 5.91 Å². The maximum absolute atomic E-state index is 12.2. The van der Waals surface area contributed by atoms with Crippen LogP contribution in [-0.4, -0.2) is 30.0 Å². The number of benzene rings is 1. The number of fused-ring (bicyclic) bond motifs is 1. The van der Waals surface area contributed by atoms with Gasteiger partial charge in [0.05, 0.1) is 5.52 Å². The normalized spacial score (nSPS) is 10.6. The molecule has 2 heterocycles. The highest BCUT2D eigenvalue weighted by atomic mass is 16.1. The van der Waals surface area contributed by atoms with Crippen LogP contribution in [0.25, 0.3) is 10.9 Å². The molecule has 1 amide bonds. The smallest absolute Gasteiger partial charge is 0.220 e. The van der Waals surface area contributed by atoms with Crippen LogP contribution >= 0.6 is 0 Å². The molecule has 1 aromatic carbocycles. The molecule has 0 fully saturated rings. The summed E-state index contributed by atoms with van der Waals surface area (Å²) < 4.78 is 0. The molecule has 3 rings (SSSR count). The van der Waals surface area contributed by atoms with Crippen LogP contribution < -0.4 is 10.2 Å². The molecule has 5 nitrogen and oxygen atoms in total. The molecule has 128 valence electrons. The van der Waals surface area contributed by atoms with Crippen molar-refractivity contribution in [1.82, 2.24) is 15.3 Å². The molecule has 25 heavy (non-hydrogen) atoms. The van der Waals surface area contributed by atoms with Crippen molar-refractivity contribution in [2.75, 3.05) is 19.0 Å². The molecule has 0 aliphatic heterocycles. The molecule has 0 saturated carbocycles. The molecule has 5 heteroatoms. The zero-order chi connectivity index (χ0) is 17.6. The summed E-state index contributed by atoms with van der Waals surface area (Å²) in [5.74, 6) is 0.911. The second-order valence-electron chi connectivity index (χ2n) is 6.15. The summed E-state index contributed by atoms with van der Waals surface area (Å²) in [6.45, 7) is 0.491. The quantitative estimate of drug-likeness (QED) is 0.753. The van der Waals surface area contributed by atoms with Gasteiger partial charge in [-0.1, -0.05) is 24.3 Å². The number of aryl methyl sites for hydroxylation is 1. The molecule has 0 aliphatic carbocycles. The Bertz CT molecular complexity index is 862. The van der Waals surface area contributed by atoms with Crippen molar-refractivity contribution < 1.29 is 4.79 Å². The van der Waals surface area contributed by atoms with Crippen molar-refractivity contribution in [3.05, 3.63) is 66.0 Å². The minimum atomic E-state index is 0.0259. The number of pyridine rings is 2. The number of carbonyl (C=O) groups is 1. The fraction of sp³-hybridized carbons (Fsp3) is 0.250. The zero-order valence-corrected chi connectivity index (χ0v) is 14.6. The van der Waals surface area contributed by atoms with Crippen molar-refractivity contribution in [2.24, 2.45) is 0 Å². The maximum Gasteiger partial charge on any atom is 0.220 e. The number of rotatable bonds is 6. The summed E-state index contributed by atoms with van der Waals surface area (Å²) in [6, 6.07) is 15.8. The minimum Gasteiger partial charge on any atom is -0.363 e. The first-order chi connectivity index (χ1) is 12.1. The minimum absolute atomic E-state index is 0.0259. The summed E-state index contributed by atoms with van der Waals surface area (Å²) in [7, 11) is 3.93. The lowest BCUT2D eigenvalue weighted by molar-refractivity contribution is -0.121. The lowest BCUT2D eigenvalue weighted by Crippen LogP contribution is -2.23. The van der Waals surface area contributed by atoms with E-state index >= 15 is 0 Å². The molecule has 0 atom stereocenters. The van der Waals surface area contributed by atoms with Gasteiger partial charge in [0.25, 0.3) is 0 Å². The Hall–Kier alpha value is -2.95. The largest absolute Gasteiger partial charge is 0.363 e. The van der Waals surface area contributed by atoms with Crippen LogP contribution in [0.1, 0.15) is 17.7 Å². The first kappa shape index (κ1) is 16.9.